The number of ether oxygens (including phenoxy) is 1. The van der Waals surface area contributed by atoms with E-state index in [4.69, 9.17) is 4.74 Å². The zero-order valence-electron chi connectivity index (χ0n) is 12.5. The molecule has 0 amide bonds. The molecule has 1 saturated heterocycles. The van der Waals surface area contributed by atoms with Gasteiger partial charge in [0, 0.05) is 6.61 Å². The van der Waals surface area contributed by atoms with Gasteiger partial charge in [-0.1, -0.05) is 24.3 Å². The largest absolute Gasteiger partial charge is 0.435 e. The topological polar surface area (TPSA) is 61.2 Å². The van der Waals surface area contributed by atoms with Gasteiger partial charge in [-0.05, 0) is 23.6 Å². The number of halogens is 3. The van der Waals surface area contributed by atoms with Crippen molar-refractivity contribution < 1.29 is 26.3 Å². The number of alkyl halides is 3. The van der Waals surface area contributed by atoms with Crippen LogP contribution in [0.5, 0.6) is 0 Å². The summed E-state index contributed by atoms with van der Waals surface area (Å²) in [5, 5.41) is 3.73. The van der Waals surface area contributed by atoms with Crippen LogP contribution < -0.4 is 0 Å². The molecule has 2 heterocycles. The van der Waals surface area contributed by atoms with Crippen LogP contribution in [0.2, 0.25) is 0 Å². The Morgan fingerprint density at radius 3 is 2.50 bits per heavy atom. The van der Waals surface area contributed by atoms with Gasteiger partial charge in [0.1, 0.15) is 10.7 Å². The molecular weight excluding hydrogens is 345 g/mol. The molecule has 0 N–H and O–H groups in total. The molecule has 1 atom stereocenters. The number of benzene rings is 1. The van der Waals surface area contributed by atoms with E-state index < -0.39 is 22.6 Å². The summed E-state index contributed by atoms with van der Waals surface area (Å²) in [6, 6.07) is 7.18. The third-order valence-electron chi connectivity index (χ3n) is 3.84. The second-order valence-corrected chi connectivity index (χ2v) is 6.54. The monoisotopic (exact) mass is 360 g/mol. The van der Waals surface area contributed by atoms with Gasteiger partial charge in [-0.3, -0.25) is 4.68 Å². The number of thiol groups is 1. The molecule has 0 radical (unpaired) electrons. The SMILES string of the molecule is O=[SH](=O)Cc1ccc(-c2cc(C(F)(F)F)nn2C2CCOC2)cc1. The van der Waals surface area contributed by atoms with E-state index in [0.717, 1.165) is 6.07 Å². The van der Waals surface area contributed by atoms with E-state index in [1.807, 2.05) is 0 Å². The zero-order valence-corrected chi connectivity index (χ0v) is 13.4. The number of rotatable bonds is 4. The van der Waals surface area contributed by atoms with Gasteiger partial charge in [0.15, 0.2) is 5.69 Å². The Kier molecular flexibility index (Phi) is 4.64. The third-order valence-corrected chi connectivity index (χ3v) is 4.46. The average Bonchev–Trinajstić information content (AvgIpc) is 3.16. The summed E-state index contributed by atoms with van der Waals surface area (Å²) in [5.74, 6) is -0.0981. The normalized spacial score (nSPS) is 18.4. The molecule has 0 saturated carbocycles. The van der Waals surface area contributed by atoms with Crippen LogP contribution in [0.25, 0.3) is 11.3 Å². The van der Waals surface area contributed by atoms with E-state index in [9.17, 15) is 21.6 Å². The number of aromatic nitrogens is 2. The van der Waals surface area contributed by atoms with Crippen molar-refractivity contribution in [1.82, 2.24) is 9.78 Å². The molecule has 1 aromatic heterocycles. The van der Waals surface area contributed by atoms with E-state index in [0.29, 0.717) is 36.5 Å². The molecule has 130 valence electrons. The molecule has 1 aliphatic rings. The lowest BCUT2D eigenvalue weighted by Gasteiger charge is -2.13. The minimum atomic E-state index is -4.53. The van der Waals surface area contributed by atoms with Gasteiger partial charge in [-0.15, -0.1) is 0 Å². The van der Waals surface area contributed by atoms with Gasteiger partial charge in [0.2, 0.25) is 0 Å². The van der Waals surface area contributed by atoms with Crippen LogP contribution in [-0.2, 0) is 27.4 Å². The Morgan fingerprint density at radius 2 is 1.96 bits per heavy atom. The molecule has 0 spiro atoms. The van der Waals surface area contributed by atoms with Gasteiger partial charge in [0.05, 0.1) is 24.1 Å². The highest BCUT2D eigenvalue weighted by atomic mass is 32.2. The number of hydrogen-bond acceptors (Lipinski definition) is 4. The summed E-state index contributed by atoms with van der Waals surface area (Å²) in [6.07, 6.45) is -3.93. The summed E-state index contributed by atoms with van der Waals surface area (Å²) in [7, 11) is -2.55. The van der Waals surface area contributed by atoms with Crippen LogP contribution in [0.15, 0.2) is 30.3 Å². The molecule has 1 aliphatic heterocycles. The average molecular weight is 360 g/mol. The van der Waals surface area contributed by atoms with Crippen molar-refractivity contribution in [3.05, 3.63) is 41.6 Å². The van der Waals surface area contributed by atoms with Crippen LogP contribution in [0.4, 0.5) is 13.2 Å². The Hall–Kier alpha value is -1.87. The fourth-order valence-electron chi connectivity index (χ4n) is 2.67. The highest BCUT2D eigenvalue weighted by Gasteiger charge is 2.36. The summed E-state index contributed by atoms with van der Waals surface area (Å²) < 4.78 is 67.2. The second-order valence-electron chi connectivity index (χ2n) is 5.56. The standard InChI is InChI=1S/C15H15F3N2O3S/c16-15(17,18)14-7-13(20(19-14)12-5-6-23-8-12)11-3-1-10(2-4-11)9-24(21)22/h1-4,7,12,24H,5-6,8-9H2. The summed E-state index contributed by atoms with van der Waals surface area (Å²) in [6.45, 7) is 0.807. The van der Waals surface area contributed by atoms with E-state index in [1.165, 1.54) is 4.68 Å². The Labute approximate surface area is 138 Å². The van der Waals surface area contributed by atoms with Crippen LogP contribution in [-0.4, -0.2) is 31.4 Å². The highest BCUT2D eigenvalue weighted by molar-refractivity contribution is 7.71. The smallest absolute Gasteiger partial charge is 0.379 e. The van der Waals surface area contributed by atoms with Gasteiger partial charge >= 0.3 is 6.18 Å². The van der Waals surface area contributed by atoms with Crippen molar-refractivity contribution >= 4 is 10.7 Å². The van der Waals surface area contributed by atoms with Crippen molar-refractivity contribution in [1.29, 1.82) is 0 Å². The van der Waals surface area contributed by atoms with E-state index >= 15 is 0 Å². The molecule has 2 aromatic rings. The molecule has 9 heteroatoms. The number of nitrogens with zero attached hydrogens (tertiary/aromatic N) is 2. The molecule has 1 aromatic carbocycles. The molecular formula is C15H15F3N2O3S. The Morgan fingerprint density at radius 1 is 1.25 bits per heavy atom. The maximum atomic E-state index is 13.0. The molecule has 0 bridgehead atoms. The molecule has 0 aliphatic carbocycles. The fraction of sp³-hybridized carbons (Fsp3) is 0.400. The van der Waals surface area contributed by atoms with Gasteiger partial charge in [-0.2, -0.15) is 18.3 Å². The third kappa shape index (κ3) is 3.62. The van der Waals surface area contributed by atoms with Crippen LogP contribution in [0.1, 0.15) is 23.7 Å². The molecule has 3 rings (SSSR count). The van der Waals surface area contributed by atoms with Crippen molar-refractivity contribution in [2.75, 3.05) is 13.2 Å². The lowest BCUT2D eigenvalue weighted by molar-refractivity contribution is -0.141. The minimum Gasteiger partial charge on any atom is -0.379 e. The predicted octanol–water partition coefficient (Wildman–Crippen LogP) is 2.64. The lowest BCUT2D eigenvalue weighted by Crippen LogP contribution is -2.14. The quantitative estimate of drug-likeness (QED) is 0.852. The van der Waals surface area contributed by atoms with Crippen LogP contribution in [0, 0.1) is 0 Å². The lowest BCUT2D eigenvalue weighted by atomic mass is 10.1. The Balaban J connectivity index is 2.00. The van der Waals surface area contributed by atoms with E-state index in [1.54, 1.807) is 24.3 Å². The maximum absolute atomic E-state index is 13.0. The first-order chi connectivity index (χ1) is 11.3. The van der Waals surface area contributed by atoms with Crippen molar-refractivity contribution in [2.45, 2.75) is 24.4 Å². The second kappa shape index (κ2) is 6.56. The summed E-state index contributed by atoms with van der Waals surface area (Å²) >= 11 is 0. The van der Waals surface area contributed by atoms with Crippen molar-refractivity contribution in [3.63, 3.8) is 0 Å². The Bertz CT molecular complexity index is 783. The molecule has 1 unspecified atom stereocenters. The zero-order chi connectivity index (χ0) is 17.3. The van der Waals surface area contributed by atoms with Crippen molar-refractivity contribution in [2.24, 2.45) is 0 Å². The first-order valence-corrected chi connectivity index (χ1v) is 8.66. The van der Waals surface area contributed by atoms with Gasteiger partial charge in [0.25, 0.3) is 0 Å². The van der Waals surface area contributed by atoms with E-state index in [-0.39, 0.29) is 11.8 Å². The summed E-state index contributed by atoms with van der Waals surface area (Å²) in [5.41, 5.74) is 0.531. The van der Waals surface area contributed by atoms with Crippen LogP contribution in [0.3, 0.4) is 0 Å². The molecule has 5 nitrogen and oxygen atoms in total. The van der Waals surface area contributed by atoms with E-state index in [2.05, 4.69) is 5.10 Å². The van der Waals surface area contributed by atoms with Crippen LogP contribution >= 0.6 is 0 Å². The van der Waals surface area contributed by atoms with Crippen molar-refractivity contribution in [3.8, 4) is 11.3 Å². The number of hydrogen-bond donors (Lipinski definition) is 1. The minimum absolute atomic E-state index is 0.0981. The first kappa shape index (κ1) is 17.0. The highest BCUT2D eigenvalue weighted by Crippen LogP contribution is 2.34. The van der Waals surface area contributed by atoms with Gasteiger partial charge < -0.3 is 4.74 Å². The molecule has 24 heavy (non-hydrogen) atoms. The maximum Gasteiger partial charge on any atom is 0.435 e. The first-order valence-electron chi connectivity index (χ1n) is 7.30. The molecule has 1 fully saturated rings. The predicted molar refractivity (Wildman–Crippen MR) is 81.2 cm³/mol. The summed E-state index contributed by atoms with van der Waals surface area (Å²) in [4.78, 5) is 0. The fourth-order valence-corrected chi connectivity index (χ4v) is 3.18. The van der Waals surface area contributed by atoms with Gasteiger partial charge in [-0.25, -0.2) is 8.42 Å².